The molecule has 0 unspecified atom stereocenters. The van der Waals surface area contributed by atoms with Gasteiger partial charge in [0.1, 0.15) is 11.2 Å². The third-order valence-corrected chi connectivity index (χ3v) is 10.5. The van der Waals surface area contributed by atoms with E-state index in [9.17, 15) is 0 Å². The number of nitrogens with zero attached hydrogens (tertiary/aromatic N) is 2. The second kappa shape index (κ2) is 10.8. The van der Waals surface area contributed by atoms with Crippen molar-refractivity contribution in [2.45, 2.75) is 0 Å². The van der Waals surface area contributed by atoms with Crippen molar-refractivity contribution in [2.24, 2.45) is 0 Å². The van der Waals surface area contributed by atoms with Crippen LogP contribution < -0.4 is 0 Å². The van der Waals surface area contributed by atoms with Crippen LogP contribution in [0.3, 0.4) is 0 Å². The zero-order valence-corrected chi connectivity index (χ0v) is 27.6. The summed E-state index contributed by atoms with van der Waals surface area (Å²) in [4.78, 5) is 0. The molecule has 11 aromatic rings. The Labute approximate surface area is 293 Å². The molecule has 0 atom stereocenters. The van der Waals surface area contributed by atoms with Crippen molar-refractivity contribution >= 4 is 65.6 Å². The van der Waals surface area contributed by atoms with Crippen LogP contribution in [0.25, 0.3) is 99.2 Å². The number of aromatic nitrogens is 2. The predicted octanol–water partition coefficient (Wildman–Crippen LogP) is 13.1. The Balaban J connectivity index is 1.11. The molecule has 8 aromatic carbocycles. The lowest BCUT2D eigenvalue weighted by Crippen LogP contribution is -1.96. The minimum Gasteiger partial charge on any atom is -0.456 e. The minimum absolute atomic E-state index is 0.915. The average Bonchev–Trinajstić information content (AvgIpc) is 3.84. The van der Waals surface area contributed by atoms with Crippen molar-refractivity contribution in [3.05, 3.63) is 182 Å². The molecule has 0 saturated heterocycles. The number of fused-ring (bicyclic) bond motifs is 9. The minimum atomic E-state index is 0.915. The predicted molar refractivity (Wildman–Crippen MR) is 213 cm³/mol. The molecule has 0 bridgehead atoms. The van der Waals surface area contributed by atoms with Crippen molar-refractivity contribution < 1.29 is 4.42 Å². The topological polar surface area (TPSA) is 23.0 Å². The van der Waals surface area contributed by atoms with E-state index in [0.717, 1.165) is 33.3 Å². The van der Waals surface area contributed by atoms with Crippen molar-refractivity contribution in [1.29, 1.82) is 0 Å². The molecule has 0 aliphatic carbocycles. The van der Waals surface area contributed by atoms with E-state index in [1.165, 1.54) is 65.9 Å². The van der Waals surface area contributed by atoms with Gasteiger partial charge in [-0.05, 0) is 89.0 Å². The molecule has 0 spiro atoms. The highest BCUT2D eigenvalue weighted by molar-refractivity contribution is 6.17. The highest BCUT2D eigenvalue weighted by atomic mass is 16.3. The van der Waals surface area contributed by atoms with Crippen LogP contribution in [0, 0.1) is 0 Å². The fourth-order valence-electron chi connectivity index (χ4n) is 8.17. The monoisotopic (exact) mass is 650 g/mol. The van der Waals surface area contributed by atoms with Crippen LogP contribution in [-0.2, 0) is 0 Å². The maximum absolute atomic E-state index is 6.30. The van der Waals surface area contributed by atoms with Crippen LogP contribution in [0.1, 0.15) is 0 Å². The van der Waals surface area contributed by atoms with Gasteiger partial charge in [-0.2, -0.15) is 0 Å². The molecular formula is C48H30N2O. The zero-order chi connectivity index (χ0) is 33.5. The fourth-order valence-corrected chi connectivity index (χ4v) is 8.17. The number of furan rings is 1. The summed E-state index contributed by atoms with van der Waals surface area (Å²) in [6.45, 7) is 0. The molecule has 0 radical (unpaired) electrons. The second-order valence-electron chi connectivity index (χ2n) is 13.4. The van der Waals surface area contributed by atoms with Crippen molar-refractivity contribution in [3.63, 3.8) is 0 Å². The molecule has 0 saturated carbocycles. The summed E-state index contributed by atoms with van der Waals surface area (Å²) in [6.07, 6.45) is 0. The average molecular weight is 651 g/mol. The van der Waals surface area contributed by atoms with Gasteiger partial charge in [-0.1, -0.05) is 115 Å². The van der Waals surface area contributed by atoms with Gasteiger partial charge in [0.15, 0.2) is 0 Å². The highest BCUT2D eigenvalue weighted by Gasteiger charge is 2.17. The summed E-state index contributed by atoms with van der Waals surface area (Å²) < 4.78 is 11.1. The van der Waals surface area contributed by atoms with E-state index in [0.29, 0.717) is 0 Å². The van der Waals surface area contributed by atoms with Gasteiger partial charge in [-0.15, -0.1) is 0 Å². The molecule has 0 fully saturated rings. The largest absolute Gasteiger partial charge is 0.456 e. The first-order valence-corrected chi connectivity index (χ1v) is 17.4. The molecule has 3 aromatic heterocycles. The van der Waals surface area contributed by atoms with Gasteiger partial charge < -0.3 is 13.6 Å². The first kappa shape index (κ1) is 28.0. The summed E-state index contributed by atoms with van der Waals surface area (Å²) in [7, 11) is 0. The SMILES string of the molecule is c1ccc(-c2cc(-c3ccc(-n4c5ccccc5c5cc6oc7ccccc7c6cc54)cc3)cc(-n3c4ccccc4c4ccccc43)c2)cc1. The summed E-state index contributed by atoms with van der Waals surface area (Å²) in [5.41, 5.74) is 13.6. The molecule has 0 amide bonds. The molecule has 0 aliphatic heterocycles. The summed E-state index contributed by atoms with van der Waals surface area (Å²) >= 11 is 0. The standard InChI is InChI=1S/C48H30N2O/c1-2-12-31(13-3-1)33-26-34(28-36(27-33)50-43-18-8-4-14-37(43)38-15-5-9-19-44(38)50)32-22-24-35(25-23-32)49-45-20-10-6-16-39(45)41-30-48-42(29-46(41)49)40-17-7-11-21-47(40)51-48/h1-30H. The maximum Gasteiger partial charge on any atom is 0.136 e. The third kappa shape index (κ3) is 4.25. The molecule has 3 heteroatoms. The lowest BCUT2D eigenvalue weighted by molar-refractivity contribution is 0.669. The first-order valence-electron chi connectivity index (χ1n) is 17.4. The van der Waals surface area contributed by atoms with Crippen LogP contribution in [-0.4, -0.2) is 9.13 Å². The summed E-state index contributed by atoms with van der Waals surface area (Å²) in [6, 6.07) is 65.6. The van der Waals surface area contributed by atoms with Gasteiger partial charge in [-0.25, -0.2) is 0 Å². The van der Waals surface area contributed by atoms with Gasteiger partial charge in [0.25, 0.3) is 0 Å². The lowest BCUT2D eigenvalue weighted by atomic mass is 9.97. The first-order chi connectivity index (χ1) is 25.3. The number of hydrogen-bond acceptors (Lipinski definition) is 1. The van der Waals surface area contributed by atoms with E-state index in [4.69, 9.17) is 4.42 Å². The Morgan fingerprint density at radius 3 is 1.43 bits per heavy atom. The van der Waals surface area contributed by atoms with Crippen LogP contribution in [0.4, 0.5) is 0 Å². The lowest BCUT2D eigenvalue weighted by Gasteiger charge is -2.15. The molecule has 3 nitrogen and oxygen atoms in total. The molecule has 238 valence electrons. The van der Waals surface area contributed by atoms with E-state index >= 15 is 0 Å². The molecule has 0 N–H and O–H groups in total. The normalized spacial score (nSPS) is 11.9. The number of rotatable bonds is 4. The van der Waals surface area contributed by atoms with Gasteiger partial charge >= 0.3 is 0 Å². The Bertz CT molecular complexity index is 3070. The van der Waals surface area contributed by atoms with Gasteiger partial charge in [0.05, 0.1) is 22.1 Å². The number of para-hydroxylation sites is 4. The zero-order valence-electron chi connectivity index (χ0n) is 27.6. The Kier molecular flexibility index (Phi) is 5.96. The number of hydrogen-bond donors (Lipinski definition) is 0. The van der Waals surface area contributed by atoms with Crippen molar-refractivity contribution in [2.75, 3.05) is 0 Å². The van der Waals surface area contributed by atoms with E-state index < -0.39 is 0 Å². The van der Waals surface area contributed by atoms with Crippen LogP contribution >= 0.6 is 0 Å². The molecule has 51 heavy (non-hydrogen) atoms. The molecular weight excluding hydrogens is 621 g/mol. The van der Waals surface area contributed by atoms with Gasteiger partial charge in [-0.3, -0.25) is 0 Å². The molecule has 0 aliphatic rings. The van der Waals surface area contributed by atoms with Gasteiger partial charge in [0.2, 0.25) is 0 Å². The highest BCUT2D eigenvalue weighted by Crippen LogP contribution is 2.40. The Hall–Kier alpha value is -6.84. The Morgan fingerprint density at radius 1 is 0.275 bits per heavy atom. The van der Waals surface area contributed by atoms with Crippen LogP contribution in [0.15, 0.2) is 186 Å². The quantitative estimate of drug-likeness (QED) is 0.186. The van der Waals surface area contributed by atoms with E-state index in [2.05, 4.69) is 179 Å². The number of benzene rings is 8. The van der Waals surface area contributed by atoms with E-state index in [1.807, 2.05) is 12.1 Å². The summed E-state index contributed by atoms with van der Waals surface area (Å²) in [5.74, 6) is 0. The second-order valence-corrected chi connectivity index (χ2v) is 13.4. The van der Waals surface area contributed by atoms with E-state index in [-0.39, 0.29) is 0 Å². The van der Waals surface area contributed by atoms with Gasteiger partial charge in [0, 0.05) is 43.7 Å². The van der Waals surface area contributed by atoms with E-state index in [1.54, 1.807) is 0 Å². The smallest absolute Gasteiger partial charge is 0.136 e. The Morgan fingerprint density at radius 2 is 0.784 bits per heavy atom. The third-order valence-electron chi connectivity index (χ3n) is 10.5. The van der Waals surface area contributed by atoms with Crippen molar-refractivity contribution in [1.82, 2.24) is 9.13 Å². The maximum atomic E-state index is 6.30. The van der Waals surface area contributed by atoms with Crippen molar-refractivity contribution in [3.8, 4) is 33.6 Å². The molecule has 3 heterocycles. The fraction of sp³-hybridized carbons (Fsp3) is 0. The van der Waals surface area contributed by atoms with Crippen LogP contribution in [0.5, 0.6) is 0 Å². The molecule has 11 rings (SSSR count). The summed E-state index contributed by atoms with van der Waals surface area (Å²) in [5, 5.41) is 7.19. The van der Waals surface area contributed by atoms with Crippen LogP contribution in [0.2, 0.25) is 0 Å².